The van der Waals surface area contributed by atoms with Gasteiger partial charge in [0.2, 0.25) is 0 Å². The van der Waals surface area contributed by atoms with E-state index in [2.05, 4.69) is 22.8 Å². The fourth-order valence-corrected chi connectivity index (χ4v) is 2.88. The average Bonchev–Trinajstić information content (AvgIpc) is 2.96. The van der Waals surface area contributed by atoms with Gasteiger partial charge < -0.3 is 5.32 Å². The van der Waals surface area contributed by atoms with Crippen molar-refractivity contribution in [3.63, 3.8) is 0 Å². The van der Waals surface area contributed by atoms with Gasteiger partial charge in [-0.15, -0.1) is 11.3 Å². The molecule has 1 aliphatic heterocycles. The maximum Gasteiger partial charge on any atom is 0.133 e. The van der Waals surface area contributed by atoms with Gasteiger partial charge in [0.25, 0.3) is 0 Å². The summed E-state index contributed by atoms with van der Waals surface area (Å²) in [7, 11) is 0. The van der Waals surface area contributed by atoms with Crippen molar-refractivity contribution in [2.75, 3.05) is 13.1 Å². The van der Waals surface area contributed by atoms with Crippen LogP contribution in [0.15, 0.2) is 17.5 Å². The molecule has 3 heteroatoms. The normalized spacial score (nSPS) is 20.1. The van der Waals surface area contributed by atoms with Crippen LogP contribution in [-0.4, -0.2) is 18.9 Å². The zero-order chi connectivity index (χ0) is 11.2. The average molecular weight is 237 g/mol. The number of hydrogen-bond donors (Lipinski definition) is 1. The van der Waals surface area contributed by atoms with Gasteiger partial charge in [-0.2, -0.15) is 0 Å². The van der Waals surface area contributed by atoms with Crippen molar-refractivity contribution in [1.29, 1.82) is 0 Å². The first-order valence-electron chi connectivity index (χ1n) is 6.09. The summed E-state index contributed by atoms with van der Waals surface area (Å²) in [6, 6.07) is 4.16. The Hall–Kier alpha value is -0.670. The molecule has 0 spiro atoms. The van der Waals surface area contributed by atoms with E-state index in [4.69, 9.17) is 0 Å². The number of Topliss-reactive ketones (excluding diaryl/α,β-unsaturated/α-hetero) is 1. The first kappa shape index (κ1) is 11.8. The van der Waals surface area contributed by atoms with Crippen molar-refractivity contribution in [3.05, 3.63) is 22.4 Å². The summed E-state index contributed by atoms with van der Waals surface area (Å²) in [6.07, 6.45) is 4.76. The molecule has 0 amide bonds. The minimum Gasteiger partial charge on any atom is -0.316 e. The van der Waals surface area contributed by atoms with E-state index in [0.717, 1.165) is 44.7 Å². The highest BCUT2D eigenvalue weighted by molar-refractivity contribution is 7.09. The molecule has 1 aromatic rings. The Morgan fingerprint density at radius 2 is 2.44 bits per heavy atom. The van der Waals surface area contributed by atoms with Crippen molar-refractivity contribution in [2.24, 2.45) is 5.92 Å². The highest BCUT2D eigenvalue weighted by Crippen LogP contribution is 2.16. The number of hydrogen-bond acceptors (Lipinski definition) is 3. The quantitative estimate of drug-likeness (QED) is 0.824. The van der Waals surface area contributed by atoms with Crippen LogP contribution >= 0.6 is 11.3 Å². The summed E-state index contributed by atoms with van der Waals surface area (Å²) in [5.41, 5.74) is 0. The van der Waals surface area contributed by atoms with Crippen molar-refractivity contribution >= 4 is 17.1 Å². The van der Waals surface area contributed by atoms with Gasteiger partial charge in [0, 0.05) is 17.7 Å². The van der Waals surface area contributed by atoms with E-state index >= 15 is 0 Å². The molecule has 1 saturated heterocycles. The van der Waals surface area contributed by atoms with Crippen LogP contribution < -0.4 is 5.32 Å². The second kappa shape index (κ2) is 6.16. The van der Waals surface area contributed by atoms with Crippen molar-refractivity contribution in [1.82, 2.24) is 5.32 Å². The third kappa shape index (κ3) is 3.72. The first-order chi connectivity index (χ1) is 7.84. The van der Waals surface area contributed by atoms with Crippen molar-refractivity contribution in [3.8, 4) is 0 Å². The van der Waals surface area contributed by atoms with Crippen LogP contribution in [0.5, 0.6) is 0 Å². The first-order valence-corrected chi connectivity index (χ1v) is 6.97. The Balaban J connectivity index is 1.60. The highest BCUT2D eigenvalue weighted by atomic mass is 32.1. The summed E-state index contributed by atoms with van der Waals surface area (Å²) < 4.78 is 0. The molecule has 0 bridgehead atoms. The van der Waals surface area contributed by atoms with E-state index in [1.54, 1.807) is 11.3 Å². The molecule has 0 radical (unpaired) electrons. The number of aryl methyl sites for hydroxylation is 1. The van der Waals surface area contributed by atoms with Crippen LogP contribution in [0.25, 0.3) is 0 Å². The maximum absolute atomic E-state index is 11.7. The van der Waals surface area contributed by atoms with Crippen LogP contribution in [0.4, 0.5) is 0 Å². The summed E-state index contributed by atoms with van der Waals surface area (Å²) >= 11 is 1.75. The van der Waals surface area contributed by atoms with E-state index in [-0.39, 0.29) is 0 Å². The summed E-state index contributed by atoms with van der Waals surface area (Å²) in [4.78, 5) is 13.0. The van der Waals surface area contributed by atoms with E-state index in [1.165, 1.54) is 11.3 Å². The number of carbonyl (C=O) groups excluding carboxylic acids is 1. The van der Waals surface area contributed by atoms with Gasteiger partial charge in [0.05, 0.1) is 0 Å². The molecule has 1 unspecified atom stereocenters. The summed E-state index contributed by atoms with van der Waals surface area (Å²) in [5.74, 6) is 1.17. The lowest BCUT2D eigenvalue weighted by Gasteiger charge is -2.06. The van der Waals surface area contributed by atoms with Gasteiger partial charge in [0.1, 0.15) is 5.78 Å². The zero-order valence-electron chi connectivity index (χ0n) is 9.58. The van der Waals surface area contributed by atoms with Gasteiger partial charge in [-0.05, 0) is 49.7 Å². The number of ketones is 1. The van der Waals surface area contributed by atoms with Gasteiger partial charge in [-0.1, -0.05) is 6.07 Å². The SMILES string of the molecule is O=C(CCc1cccs1)CCC1CCNC1. The van der Waals surface area contributed by atoms with E-state index in [1.807, 2.05) is 0 Å². The van der Waals surface area contributed by atoms with Crippen LogP contribution in [0.1, 0.15) is 30.6 Å². The number of nitrogens with one attached hydrogen (secondary N) is 1. The van der Waals surface area contributed by atoms with Crippen LogP contribution in [0, 0.1) is 5.92 Å². The molecule has 1 N–H and O–H groups in total. The van der Waals surface area contributed by atoms with Gasteiger partial charge in [-0.3, -0.25) is 4.79 Å². The summed E-state index contributed by atoms with van der Waals surface area (Å²) in [6.45, 7) is 2.24. The third-order valence-corrected chi connectivity index (χ3v) is 4.16. The Morgan fingerprint density at radius 1 is 1.50 bits per heavy atom. The van der Waals surface area contributed by atoms with Gasteiger partial charge in [-0.25, -0.2) is 0 Å². The molecule has 0 aromatic carbocycles. The summed E-state index contributed by atoms with van der Waals surface area (Å²) in [5, 5.41) is 5.41. The number of carbonyl (C=O) groups is 1. The van der Waals surface area contributed by atoms with Crippen LogP contribution in [0.3, 0.4) is 0 Å². The standard InChI is InChI=1S/C13H19NOS/c15-12(4-3-11-7-8-14-10-11)5-6-13-2-1-9-16-13/h1-2,9,11,14H,3-8,10H2. The number of rotatable bonds is 6. The lowest BCUT2D eigenvalue weighted by atomic mass is 9.99. The molecule has 1 atom stereocenters. The van der Waals surface area contributed by atoms with Gasteiger partial charge in [0.15, 0.2) is 0 Å². The Kier molecular flexibility index (Phi) is 4.55. The van der Waals surface area contributed by atoms with Crippen molar-refractivity contribution < 1.29 is 4.79 Å². The molecule has 88 valence electrons. The topological polar surface area (TPSA) is 29.1 Å². The molecular formula is C13H19NOS. The fraction of sp³-hybridized carbons (Fsp3) is 0.615. The Morgan fingerprint density at radius 3 is 3.12 bits per heavy atom. The predicted octanol–water partition coefficient (Wildman–Crippen LogP) is 2.64. The highest BCUT2D eigenvalue weighted by Gasteiger charge is 2.15. The largest absolute Gasteiger partial charge is 0.316 e. The molecule has 0 saturated carbocycles. The predicted molar refractivity (Wildman–Crippen MR) is 67.9 cm³/mol. The molecule has 2 heterocycles. The molecule has 2 nitrogen and oxygen atoms in total. The zero-order valence-corrected chi connectivity index (χ0v) is 10.4. The molecule has 16 heavy (non-hydrogen) atoms. The lowest BCUT2D eigenvalue weighted by Crippen LogP contribution is -2.10. The fourth-order valence-electron chi connectivity index (χ4n) is 2.17. The van der Waals surface area contributed by atoms with E-state index in [9.17, 15) is 4.79 Å². The van der Waals surface area contributed by atoms with Crippen molar-refractivity contribution in [2.45, 2.75) is 32.1 Å². The molecule has 1 aromatic heterocycles. The lowest BCUT2D eigenvalue weighted by molar-refractivity contribution is -0.119. The van der Waals surface area contributed by atoms with Crippen LogP contribution in [-0.2, 0) is 11.2 Å². The van der Waals surface area contributed by atoms with Gasteiger partial charge >= 0.3 is 0 Å². The molecule has 2 rings (SSSR count). The molecule has 0 aliphatic carbocycles. The third-order valence-electron chi connectivity index (χ3n) is 3.22. The minimum atomic E-state index is 0.431. The smallest absolute Gasteiger partial charge is 0.133 e. The second-order valence-corrected chi connectivity index (χ2v) is 5.55. The maximum atomic E-state index is 11.7. The minimum absolute atomic E-state index is 0.431. The molecule has 1 fully saturated rings. The monoisotopic (exact) mass is 237 g/mol. The Bertz CT molecular complexity index is 315. The molecular weight excluding hydrogens is 218 g/mol. The van der Waals surface area contributed by atoms with Crippen LogP contribution in [0.2, 0.25) is 0 Å². The van der Waals surface area contributed by atoms with E-state index in [0.29, 0.717) is 5.78 Å². The number of thiophene rings is 1. The second-order valence-electron chi connectivity index (χ2n) is 4.52. The van der Waals surface area contributed by atoms with E-state index < -0.39 is 0 Å². The Labute approximate surface area is 101 Å². The molecule has 1 aliphatic rings.